The smallest absolute Gasteiger partial charge is 0.126 e. The zero-order valence-corrected chi connectivity index (χ0v) is 9.77. The van der Waals surface area contributed by atoms with Crippen molar-refractivity contribution in [2.24, 2.45) is 0 Å². The maximum Gasteiger partial charge on any atom is 0.126 e. The quantitative estimate of drug-likeness (QED) is 0.787. The number of benzene rings is 1. The van der Waals surface area contributed by atoms with E-state index >= 15 is 0 Å². The summed E-state index contributed by atoms with van der Waals surface area (Å²) in [5, 5.41) is 9.19. The van der Waals surface area contributed by atoms with E-state index in [0.29, 0.717) is 5.56 Å². The Morgan fingerprint density at radius 3 is 2.65 bits per heavy atom. The van der Waals surface area contributed by atoms with E-state index in [2.05, 4.69) is 11.1 Å². The SMILES string of the molecule is COc1ccccc1-c1ccnc(C)c1C#N. The van der Waals surface area contributed by atoms with E-state index in [0.717, 1.165) is 22.6 Å². The van der Waals surface area contributed by atoms with Crippen LogP contribution in [0.3, 0.4) is 0 Å². The average molecular weight is 224 g/mol. The lowest BCUT2D eigenvalue weighted by Gasteiger charge is -2.10. The van der Waals surface area contributed by atoms with Crippen molar-refractivity contribution in [3.8, 4) is 22.9 Å². The molecule has 1 aromatic heterocycles. The van der Waals surface area contributed by atoms with Crippen LogP contribution in [0.25, 0.3) is 11.1 Å². The van der Waals surface area contributed by atoms with Crippen molar-refractivity contribution in [3.05, 3.63) is 47.8 Å². The molecule has 84 valence electrons. The van der Waals surface area contributed by atoms with Crippen molar-refractivity contribution in [1.29, 1.82) is 5.26 Å². The van der Waals surface area contributed by atoms with Gasteiger partial charge in [-0.3, -0.25) is 4.98 Å². The minimum atomic E-state index is 0.594. The summed E-state index contributed by atoms with van der Waals surface area (Å²) in [6.07, 6.45) is 1.71. The molecule has 17 heavy (non-hydrogen) atoms. The molecule has 0 aliphatic heterocycles. The molecule has 3 nitrogen and oxygen atoms in total. The topological polar surface area (TPSA) is 45.9 Å². The highest BCUT2D eigenvalue weighted by atomic mass is 16.5. The van der Waals surface area contributed by atoms with Gasteiger partial charge in [0.15, 0.2) is 0 Å². The van der Waals surface area contributed by atoms with Gasteiger partial charge >= 0.3 is 0 Å². The lowest BCUT2D eigenvalue weighted by atomic mass is 9.99. The fraction of sp³-hybridized carbons (Fsp3) is 0.143. The molecule has 2 aromatic rings. The van der Waals surface area contributed by atoms with E-state index in [-0.39, 0.29) is 0 Å². The largest absolute Gasteiger partial charge is 0.496 e. The zero-order valence-electron chi connectivity index (χ0n) is 9.77. The maximum atomic E-state index is 9.19. The van der Waals surface area contributed by atoms with Crippen LogP contribution >= 0.6 is 0 Å². The highest BCUT2D eigenvalue weighted by Gasteiger charge is 2.11. The van der Waals surface area contributed by atoms with E-state index in [4.69, 9.17) is 4.74 Å². The first kappa shape index (κ1) is 11.2. The third-order valence-corrected chi connectivity index (χ3v) is 2.65. The van der Waals surface area contributed by atoms with Crippen molar-refractivity contribution in [1.82, 2.24) is 4.98 Å². The molecule has 0 saturated heterocycles. The molecule has 0 spiro atoms. The first-order chi connectivity index (χ1) is 8.27. The fourth-order valence-corrected chi connectivity index (χ4v) is 1.80. The predicted octanol–water partition coefficient (Wildman–Crippen LogP) is 2.94. The molecular weight excluding hydrogens is 212 g/mol. The molecule has 0 aliphatic rings. The molecule has 0 radical (unpaired) electrons. The molecule has 0 atom stereocenters. The summed E-state index contributed by atoms with van der Waals surface area (Å²) in [5.41, 5.74) is 3.10. The average Bonchev–Trinajstić information content (AvgIpc) is 2.38. The summed E-state index contributed by atoms with van der Waals surface area (Å²) in [6.45, 7) is 1.83. The molecule has 0 bridgehead atoms. The van der Waals surface area contributed by atoms with Gasteiger partial charge in [-0.25, -0.2) is 0 Å². The number of para-hydroxylation sites is 1. The molecule has 3 heteroatoms. The Kier molecular flexibility index (Phi) is 3.06. The lowest BCUT2D eigenvalue weighted by molar-refractivity contribution is 0.416. The van der Waals surface area contributed by atoms with E-state index in [1.54, 1.807) is 13.3 Å². The number of nitriles is 1. The van der Waals surface area contributed by atoms with Gasteiger partial charge in [-0.2, -0.15) is 5.26 Å². The van der Waals surface area contributed by atoms with Crippen molar-refractivity contribution >= 4 is 0 Å². The first-order valence-corrected chi connectivity index (χ1v) is 5.27. The summed E-state index contributed by atoms with van der Waals surface area (Å²) in [5.74, 6) is 0.759. The molecule has 2 rings (SSSR count). The van der Waals surface area contributed by atoms with Gasteiger partial charge in [0.2, 0.25) is 0 Å². The fourth-order valence-electron chi connectivity index (χ4n) is 1.80. The van der Waals surface area contributed by atoms with Crippen LogP contribution in [0.4, 0.5) is 0 Å². The predicted molar refractivity (Wildman–Crippen MR) is 65.7 cm³/mol. The normalized spacial score (nSPS) is 9.71. The van der Waals surface area contributed by atoms with E-state index in [9.17, 15) is 5.26 Å². The van der Waals surface area contributed by atoms with Crippen molar-refractivity contribution in [2.75, 3.05) is 7.11 Å². The Morgan fingerprint density at radius 1 is 1.18 bits per heavy atom. The van der Waals surface area contributed by atoms with E-state index in [1.165, 1.54) is 0 Å². The minimum Gasteiger partial charge on any atom is -0.496 e. The highest BCUT2D eigenvalue weighted by Crippen LogP contribution is 2.32. The van der Waals surface area contributed by atoms with Gasteiger partial charge in [0.25, 0.3) is 0 Å². The number of ether oxygens (including phenoxy) is 1. The molecule has 0 N–H and O–H groups in total. The third kappa shape index (κ3) is 1.98. The van der Waals surface area contributed by atoms with Gasteiger partial charge in [0, 0.05) is 17.3 Å². The molecule has 1 heterocycles. The summed E-state index contributed by atoms with van der Waals surface area (Å²) >= 11 is 0. The number of pyridine rings is 1. The monoisotopic (exact) mass is 224 g/mol. The Hall–Kier alpha value is -2.34. The molecule has 1 aromatic carbocycles. The highest BCUT2D eigenvalue weighted by molar-refractivity contribution is 5.76. The van der Waals surface area contributed by atoms with Crippen molar-refractivity contribution in [2.45, 2.75) is 6.92 Å². The van der Waals surface area contributed by atoms with Crippen LogP contribution in [0.2, 0.25) is 0 Å². The van der Waals surface area contributed by atoms with Gasteiger partial charge in [-0.05, 0) is 19.1 Å². The van der Waals surface area contributed by atoms with Crippen LogP contribution in [-0.4, -0.2) is 12.1 Å². The molecule has 0 fully saturated rings. The zero-order chi connectivity index (χ0) is 12.3. The Morgan fingerprint density at radius 2 is 1.94 bits per heavy atom. The lowest BCUT2D eigenvalue weighted by Crippen LogP contribution is -1.94. The molecule has 0 amide bonds. The van der Waals surface area contributed by atoms with Crippen molar-refractivity contribution in [3.63, 3.8) is 0 Å². The van der Waals surface area contributed by atoms with Gasteiger partial charge in [0.1, 0.15) is 11.8 Å². The molecule has 0 saturated carbocycles. The van der Waals surface area contributed by atoms with Gasteiger partial charge in [0.05, 0.1) is 18.4 Å². The number of hydrogen-bond donors (Lipinski definition) is 0. The van der Waals surface area contributed by atoms with Crippen molar-refractivity contribution < 1.29 is 4.74 Å². The van der Waals surface area contributed by atoms with Gasteiger partial charge in [-0.15, -0.1) is 0 Å². The van der Waals surface area contributed by atoms with Gasteiger partial charge < -0.3 is 4.74 Å². The standard InChI is InChI=1S/C14H12N2O/c1-10-13(9-15)11(7-8-16-10)12-5-3-4-6-14(12)17-2/h3-8H,1-2H3. The van der Waals surface area contributed by atoms with Crippen LogP contribution in [0.1, 0.15) is 11.3 Å². The first-order valence-electron chi connectivity index (χ1n) is 5.27. The maximum absolute atomic E-state index is 9.19. The Balaban J connectivity index is 2.69. The van der Waals surface area contributed by atoms with Crippen LogP contribution in [0.5, 0.6) is 5.75 Å². The van der Waals surface area contributed by atoms with Crippen LogP contribution < -0.4 is 4.74 Å². The van der Waals surface area contributed by atoms with E-state index in [1.807, 2.05) is 37.3 Å². The van der Waals surface area contributed by atoms with Gasteiger partial charge in [-0.1, -0.05) is 18.2 Å². The van der Waals surface area contributed by atoms with Crippen LogP contribution in [0.15, 0.2) is 36.5 Å². The summed E-state index contributed by atoms with van der Waals surface area (Å²) in [4.78, 5) is 4.13. The number of methoxy groups -OCH3 is 1. The third-order valence-electron chi connectivity index (χ3n) is 2.65. The number of aromatic nitrogens is 1. The second-order valence-corrected chi connectivity index (χ2v) is 3.63. The number of hydrogen-bond acceptors (Lipinski definition) is 3. The van der Waals surface area contributed by atoms with E-state index < -0.39 is 0 Å². The summed E-state index contributed by atoms with van der Waals surface area (Å²) in [6, 6.07) is 11.7. The number of rotatable bonds is 2. The van der Waals surface area contributed by atoms with Crippen LogP contribution in [-0.2, 0) is 0 Å². The number of nitrogens with zero attached hydrogens (tertiary/aromatic N) is 2. The molecule has 0 aliphatic carbocycles. The summed E-state index contributed by atoms with van der Waals surface area (Å²) < 4.78 is 5.31. The summed E-state index contributed by atoms with van der Waals surface area (Å²) in [7, 11) is 1.62. The molecule has 0 unspecified atom stereocenters. The minimum absolute atomic E-state index is 0.594. The molecular formula is C14H12N2O. The Labute approximate surface area is 100 Å². The Bertz CT molecular complexity index is 585. The second-order valence-electron chi connectivity index (χ2n) is 3.63. The second kappa shape index (κ2) is 4.67. The van der Waals surface area contributed by atoms with Crippen LogP contribution in [0, 0.1) is 18.3 Å². The number of aryl methyl sites for hydroxylation is 1.